The van der Waals surface area contributed by atoms with Gasteiger partial charge in [0.2, 0.25) is 0 Å². The van der Waals surface area contributed by atoms with Gasteiger partial charge in [-0.3, -0.25) is 4.99 Å². The smallest absolute Gasteiger partial charge is 0.136 e. The molecule has 0 bridgehead atoms. The highest BCUT2D eigenvalue weighted by atomic mass is 35.5. The summed E-state index contributed by atoms with van der Waals surface area (Å²) in [5.74, 6) is -0.692. The molecule has 0 N–H and O–H groups in total. The fraction of sp³-hybridized carbons (Fsp3) is 0.0435. The summed E-state index contributed by atoms with van der Waals surface area (Å²) in [5, 5.41) is 13.4. The number of carbonyl (C=O) groups is 1. The van der Waals surface area contributed by atoms with E-state index in [9.17, 15) is 9.90 Å². The Bertz CT molecular complexity index is 1200. The Balaban J connectivity index is 1.99. The number of benzene rings is 3. The molecule has 5 heteroatoms. The van der Waals surface area contributed by atoms with Crippen molar-refractivity contribution in [1.29, 1.82) is 0 Å². The van der Waals surface area contributed by atoms with Gasteiger partial charge >= 0.3 is 0 Å². The molecule has 4 rings (SSSR count). The zero-order chi connectivity index (χ0) is 19.5. The van der Waals surface area contributed by atoms with Gasteiger partial charge in [-0.05, 0) is 23.8 Å². The van der Waals surface area contributed by atoms with E-state index in [-0.39, 0.29) is 0 Å². The van der Waals surface area contributed by atoms with E-state index in [1.807, 2.05) is 36.4 Å². The normalized spacial score (nSPS) is 12.8. The summed E-state index contributed by atoms with van der Waals surface area (Å²) in [6, 6.07) is 24.1. The van der Waals surface area contributed by atoms with Crippen LogP contribution in [-0.4, -0.2) is 5.97 Å². The standard InChI is InChI=1S/C23H16ClNO3/c24-17-11-12-20-18(13-17)19(14-21(28-20)15-7-3-1-4-8-15)25-22(23(26)27)16-9-5-2-6-10-16/h1-14,22H,(H,26,27)/p-1. The van der Waals surface area contributed by atoms with E-state index in [0.717, 1.165) is 5.56 Å². The lowest BCUT2D eigenvalue weighted by Gasteiger charge is -2.14. The van der Waals surface area contributed by atoms with Crippen molar-refractivity contribution in [3.63, 3.8) is 0 Å². The molecular formula is C23H15ClNO3-. The van der Waals surface area contributed by atoms with Crippen LogP contribution < -0.4 is 10.5 Å². The highest BCUT2D eigenvalue weighted by Crippen LogP contribution is 2.25. The van der Waals surface area contributed by atoms with E-state index in [1.54, 1.807) is 48.5 Å². The number of hydrogen-bond acceptors (Lipinski definition) is 4. The van der Waals surface area contributed by atoms with Crippen LogP contribution in [0.4, 0.5) is 0 Å². The third-order valence-electron chi connectivity index (χ3n) is 4.37. The van der Waals surface area contributed by atoms with Crippen LogP contribution >= 0.6 is 11.6 Å². The van der Waals surface area contributed by atoms with Gasteiger partial charge in [0, 0.05) is 22.0 Å². The van der Waals surface area contributed by atoms with E-state index in [2.05, 4.69) is 4.99 Å². The molecule has 138 valence electrons. The molecule has 28 heavy (non-hydrogen) atoms. The summed E-state index contributed by atoms with van der Waals surface area (Å²) >= 11 is 6.15. The molecule has 0 aliphatic rings. The Morgan fingerprint density at radius 1 is 0.929 bits per heavy atom. The first-order valence-corrected chi connectivity index (χ1v) is 9.08. The molecule has 1 unspecified atom stereocenters. The van der Waals surface area contributed by atoms with Crippen molar-refractivity contribution in [3.05, 3.63) is 101 Å². The number of carboxylic acids is 1. The molecule has 0 fully saturated rings. The second-order valence-corrected chi connectivity index (χ2v) is 6.70. The van der Waals surface area contributed by atoms with Crippen LogP contribution in [0, 0.1) is 0 Å². The van der Waals surface area contributed by atoms with Gasteiger partial charge in [0.15, 0.2) is 0 Å². The molecule has 0 spiro atoms. The summed E-state index contributed by atoms with van der Waals surface area (Å²) in [6.45, 7) is 0. The molecule has 0 saturated carbocycles. The third-order valence-corrected chi connectivity index (χ3v) is 4.61. The molecule has 1 heterocycles. The number of rotatable bonds is 4. The summed E-state index contributed by atoms with van der Waals surface area (Å²) < 4.78 is 6.01. The molecule has 0 radical (unpaired) electrons. The van der Waals surface area contributed by atoms with E-state index in [4.69, 9.17) is 16.0 Å². The van der Waals surface area contributed by atoms with Crippen molar-refractivity contribution in [3.8, 4) is 11.3 Å². The number of carboxylic acid groups (broad SMARTS) is 1. The van der Waals surface area contributed by atoms with Crippen LogP contribution in [0.2, 0.25) is 5.02 Å². The van der Waals surface area contributed by atoms with Crippen LogP contribution in [0.3, 0.4) is 0 Å². The summed E-state index contributed by atoms with van der Waals surface area (Å²) in [5.41, 5.74) is 1.97. The van der Waals surface area contributed by atoms with Crippen molar-refractivity contribution in [2.75, 3.05) is 0 Å². The summed E-state index contributed by atoms with van der Waals surface area (Å²) in [7, 11) is 0. The van der Waals surface area contributed by atoms with Crippen molar-refractivity contribution in [2.24, 2.45) is 4.99 Å². The Morgan fingerprint density at radius 2 is 1.61 bits per heavy atom. The highest BCUT2D eigenvalue weighted by molar-refractivity contribution is 6.31. The van der Waals surface area contributed by atoms with Crippen molar-refractivity contribution < 1.29 is 14.3 Å². The quantitative estimate of drug-likeness (QED) is 0.527. The van der Waals surface area contributed by atoms with E-state index < -0.39 is 12.0 Å². The summed E-state index contributed by atoms with van der Waals surface area (Å²) in [6.07, 6.45) is 0. The zero-order valence-corrected chi connectivity index (χ0v) is 15.5. The average Bonchev–Trinajstić information content (AvgIpc) is 2.73. The minimum atomic E-state index is -1.27. The number of aliphatic carboxylic acids is 1. The maximum absolute atomic E-state index is 11.8. The van der Waals surface area contributed by atoms with Gasteiger partial charge in [-0.25, -0.2) is 0 Å². The second-order valence-electron chi connectivity index (χ2n) is 6.26. The van der Waals surface area contributed by atoms with E-state index >= 15 is 0 Å². The van der Waals surface area contributed by atoms with Gasteiger partial charge in [0.1, 0.15) is 17.4 Å². The van der Waals surface area contributed by atoms with Crippen LogP contribution in [-0.2, 0) is 4.79 Å². The van der Waals surface area contributed by atoms with Gasteiger partial charge in [-0.2, -0.15) is 0 Å². The number of nitrogens with zero attached hydrogens (tertiary/aromatic N) is 1. The number of carbonyl (C=O) groups excluding carboxylic acids is 1. The van der Waals surface area contributed by atoms with E-state index in [0.29, 0.717) is 32.7 Å². The number of hydrogen-bond donors (Lipinski definition) is 0. The first kappa shape index (κ1) is 18.0. The highest BCUT2D eigenvalue weighted by Gasteiger charge is 2.13. The lowest BCUT2D eigenvalue weighted by Crippen LogP contribution is -2.30. The van der Waals surface area contributed by atoms with E-state index in [1.165, 1.54) is 0 Å². The minimum Gasteiger partial charge on any atom is -0.547 e. The van der Waals surface area contributed by atoms with Crippen LogP contribution in [0.1, 0.15) is 11.6 Å². The molecule has 0 aliphatic carbocycles. The molecule has 1 aromatic heterocycles. The van der Waals surface area contributed by atoms with Gasteiger partial charge < -0.3 is 14.3 Å². The average molecular weight is 389 g/mol. The van der Waals surface area contributed by atoms with Gasteiger partial charge in [-0.1, -0.05) is 72.3 Å². The molecule has 0 aliphatic heterocycles. The van der Waals surface area contributed by atoms with Gasteiger partial charge in [-0.15, -0.1) is 0 Å². The zero-order valence-electron chi connectivity index (χ0n) is 14.7. The predicted octanol–water partition coefficient (Wildman–Crippen LogP) is 4.15. The molecule has 0 amide bonds. The Hall–Kier alpha value is -3.37. The first-order valence-electron chi connectivity index (χ1n) is 8.70. The Morgan fingerprint density at radius 3 is 2.29 bits per heavy atom. The lowest BCUT2D eigenvalue weighted by atomic mass is 10.1. The van der Waals surface area contributed by atoms with Crippen molar-refractivity contribution >= 4 is 28.5 Å². The van der Waals surface area contributed by atoms with Crippen LogP contribution in [0.25, 0.3) is 22.3 Å². The topological polar surface area (TPSA) is 65.6 Å². The maximum atomic E-state index is 11.8. The molecule has 4 aromatic rings. The summed E-state index contributed by atoms with van der Waals surface area (Å²) in [4.78, 5) is 16.3. The fourth-order valence-electron chi connectivity index (χ4n) is 3.03. The number of halogens is 1. The van der Waals surface area contributed by atoms with Gasteiger partial charge in [0.05, 0.1) is 11.3 Å². The Labute approximate surface area is 166 Å². The largest absolute Gasteiger partial charge is 0.547 e. The molecule has 0 saturated heterocycles. The lowest BCUT2D eigenvalue weighted by molar-refractivity contribution is -0.307. The predicted molar refractivity (Wildman–Crippen MR) is 106 cm³/mol. The minimum absolute atomic E-state index is 0.473. The first-order chi connectivity index (χ1) is 13.6. The molecule has 3 aromatic carbocycles. The maximum Gasteiger partial charge on any atom is 0.136 e. The molecule has 1 atom stereocenters. The second kappa shape index (κ2) is 7.71. The van der Waals surface area contributed by atoms with Crippen LogP contribution in [0.15, 0.2) is 94.3 Å². The van der Waals surface area contributed by atoms with Crippen molar-refractivity contribution in [1.82, 2.24) is 0 Å². The monoisotopic (exact) mass is 388 g/mol. The molecular weight excluding hydrogens is 374 g/mol. The van der Waals surface area contributed by atoms with Crippen LogP contribution in [0.5, 0.6) is 0 Å². The van der Waals surface area contributed by atoms with Crippen molar-refractivity contribution in [2.45, 2.75) is 6.04 Å². The third kappa shape index (κ3) is 3.68. The number of fused-ring (bicyclic) bond motifs is 1. The molecule has 4 nitrogen and oxygen atoms in total. The fourth-order valence-corrected chi connectivity index (χ4v) is 3.20. The Kier molecular flexibility index (Phi) is 4.96. The van der Waals surface area contributed by atoms with Gasteiger partial charge in [0.25, 0.3) is 0 Å². The SMILES string of the molecule is O=C([O-])C(N=c1cc(-c2ccccc2)oc2ccc(Cl)cc12)c1ccccc1.